The second-order valence-electron chi connectivity index (χ2n) is 16.9. The van der Waals surface area contributed by atoms with Gasteiger partial charge in [0.05, 0.1) is 25.6 Å². The fourth-order valence-electron chi connectivity index (χ4n) is 10.3. The van der Waals surface area contributed by atoms with E-state index in [1.165, 1.54) is 69.9 Å². The molecule has 2 N–H and O–H groups in total. The molecule has 298 valence electrons. The fraction of sp³-hybridized carbons (Fsp3) is 0.773. The van der Waals surface area contributed by atoms with Crippen molar-refractivity contribution in [3.63, 3.8) is 0 Å². The summed E-state index contributed by atoms with van der Waals surface area (Å²) in [5.41, 5.74) is -5.68. The number of hydrogen-bond donors (Lipinski definition) is 2. The van der Waals surface area contributed by atoms with Crippen molar-refractivity contribution in [3.8, 4) is 0 Å². The third kappa shape index (κ3) is 9.42. The molecule has 0 aromatic rings. The molecular weight excluding hydrogens is 675 g/mol. The number of hydrogen-bond acceptors (Lipinski definition) is 8. The highest BCUT2D eigenvalue weighted by molar-refractivity contribution is 6.01. The normalized spacial score (nSPS) is 33.3. The highest BCUT2D eigenvalue weighted by Crippen LogP contribution is 2.70. The van der Waals surface area contributed by atoms with E-state index in [0.29, 0.717) is 31.4 Å². The monoisotopic (exact) mass is 742 g/mol. The molecule has 9 heteroatoms. The van der Waals surface area contributed by atoms with Gasteiger partial charge in [-0.2, -0.15) is 0 Å². The number of carbonyl (C=O) groups is 4. The molecular formula is C44H67FO8. The van der Waals surface area contributed by atoms with Crippen LogP contribution in [0, 0.1) is 28.6 Å². The Morgan fingerprint density at radius 3 is 2.11 bits per heavy atom. The van der Waals surface area contributed by atoms with Crippen LogP contribution in [-0.2, 0) is 28.7 Å². The average molecular weight is 743 g/mol. The molecule has 8 atom stereocenters. The summed E-state index contributed by atoms with van der Waals surface area (Å²) in [5, 5.41) is 23.6. The second-order valence-corrected chi connectivity index (χ2v) is 16.9. The van der Waals surface area contributed by atoms with E-state index in [2.05, 4.69) is 19.1 Å². The summed E-state index contributed by atoms with van der Waals surface area (Å²) in [4.78, 5) is 50.5. The number of ether oxygens (including phenoxy) is 2. The van der Waals surface area contributed by atoms with Gasteiger partial charge >= 0.3 is 11.9 Å². The maximum atomic E-state index is 17.4. The van der Waals surface area contributed by atoms with Crippen molar-refractivity contribution < 1.29 is 43.3 Å². The number of unbranched alkanes of at least 4 members (excludes halogenated alkanes) is 12. The molecule has 0 bridgehead atoms. The topological polar surface area (TPSA) is 127 Å². The van der Waals surface area contributed by atoms with E-state index in [4.69, 9.17) is 9.47 Å². The number of fused-ring (bicyclic) bond motifs is 5. The summed E-state index contributed by atoms with van der Waals surface area (Å²) in [7, 11) is 0. The van der Waals surface area contributed by atoms with Crippen LogP contribution in [0.15, 0.2) is 36.0 Å². The Bertz CT molecular complexity index is 1370. The number of esters is 2. The van der Waals surface area contributed by atoms with Crippen LogP contribution in [0.2, 0.25) is 0 Å². The molecule has 4 aliphatic rings. The van der Waals surface area contributed by atoms with Gasteiger partial charge in [-0.05, 0) is 88.7 Å². The average Bonchev–Trinajstić information content (AvgIpc) is 3.33. The number of alkyl halides is 1. The number of halogens is 1. The minimum absolute atomic E-state index is 0.154. The molecule has 0 aliphatic heterocycles. The minimum Gasteiger partial charge on any atom is -0.466 e. The van der Waals surface area contributed by atoms with Gasteiger partial charge in [0.15, 0.2) is 18.1 Å². The Morgan fingerprint density at radius 1 is 0.887 bits per heavy atom. The van der Waals surface area contributed by atoms with Crippen LogP contribution in [0.25, 0.3) is 0 Å². The van der Waals surface area contributed by atoms with Crippen molar-refractivity contribution in [2.45, 2.75) is 173 Å². The summed E-state index contributed by atoms with van der Waals surface area (Å²) in [6, 6.07) is 0. The molecule has 0 amide bonds. The third-order valence-corrected chi connectivity index (χ3v) is 13.5. The zero-order chi connectivity index (χ0) is 38.7. The molecule has 0 heterocycles. The third-order valence-electron chi connectivity index (χ3n) is 13.5. The summed E-state index contributed by atoms with van der Waals surface area (Å²) < 4.78 is 27.9. The Kier molecular flexibility index (Phi) is 15.7. The molecule has 4 aliphatic carbocycles. The smallest absolute Gasteiger partial charge is 0.306 e. The van der Waals surface area contributed by atoms with E-state index >= 15 is 4.39 Å². The molecule has 0 spiro atoms. The largest absolute Gasteiger partial charge is 0.466 e. The quantitative estimate of drug-likeness (QED) is 0.0640. The highest BCUT2D eigenvalue weighted by Gasteiger charge is 2.75. The van der Waals surface area contributed by atoms with E-state index in [0.717, 1.165) is 32.1 Å². The van der Waals surface area contributed by atoms with Crippen LogP contribution < -0.4 is 0 Å². The fourth-order valence-corrected chi connectivity index (χ4v) is 10.3. The van der Waals surface area contributed by atoms with Crippen molar-refractivity contribution in [2.24, 2.45) is 28.6 Å². The Morgan fingerprint density at radius 2 is 1.47 bits per heavy atom. The first-order chi connectivity index (χ1) is 25.3. The van der Waals surface area contributed by atoms with Crippen molar-refractivity contribution in [3.05, 3.63) is 36.0 Å². The second kappa shape index (κ2) is 19.3. The van der Waals surface area contributed by atoms with Crippen molar-refractivity contribution in [2.75, 3.05) is 13.2 Å². The molecule has 8 nitrogen and oxygen atoms in total. The summed E-state index contributed by atoms with van der Waals surface area (Å²) >= 11 is 0. The van der Waals surface area contributed by atoms with Gasteiger partial charge in [-0.3, -0.25) is 19.2 Å². The molecule has 3 saturated carbocycles. The van der Waals surface area contributed by atoms with Gasteiger partial charge in [-0.25, -0.2) is 4.39 Å². The predicted octanol–water partition coefficient (Wildman–Crippen LogP) is 8.81. The first-order valence-corrected chi connectivity index (χ1v) is 20.8. The Balaban J connectivity index is 1.11. The number of aliphatic hydroxyl groups excluding tert-OH is 1. The van der Waals surface area contributed by atoms with Crippen LogP contribution in [-0.4, -0.2) is 64.3 Å². The van der Waals surface area contributed by atoms with E-state index in [1.807, 2.05) is 0 Å². The van der Waals surface area contributed by atoms with Gasteiger partial charge in [0.1, 0.15) is 5.60 Å². The van der Waals surface area contributed by atoms with Crippen LogP contribution >= 0.6 is 0 Å². The molecule has 3 fully saturated rings. The number of carbonyl (C=O) groups excluding carboxylic acids is 4. The first-order valence-electron chi connectivity index (χ1n) is 20.8. The lowest BCUT2D eigenvalue weighted by Crippen LogP contribution is -2.69. The van der Waals surface area contributed by atoms with E-state index < -0.39 is 70.3 Å². The van der Waals surface area contributed by atoms with Gasteiger partial charge < -0.3 is 19.7 Å². The lowest BCUT2D eigenvalue weighted by molar-refractivity contribution is -0.220. The van der Waals surface area contributed by atoms with Crippen molar-refractivity contribution >= 4 is 23.5 Å². The predicted molar refractivity (Wildman–Crippen MR) is 203 cm³/mol. The molecule has 53 heavy (non-hydrogen) atoms. The number of rotatable bonds is 22. The number of Topliss-reactive ketones (excluding diaryl/α,β-unsaturated/α-hetero) is 1. The van der Waals surface area contributed by atoms with Gasteiger partial charge in [-0.1, -0.05) is 102 Å². The molecule has 4 rings (SSSR count). The summed E-state index contributed by atoms with van der Waals surface area (Å²) in [6.45, 7) is 7.09. The molecule has 0 saturated heterocycles. The van der Waals surface area contributed by atoms with Gasteiger partial charge in [0.25, 0.3) is 0 Å². The van der Waals surface area contributed by atoms with E-state index in [9.17, 15) is 29.4 Å². The van der Waals surface area contributed by atoms with Crippen molar-refractivity contribution in [1.29, 1.82) is 0 Å². The lowest BCUT2D eigenvalue weighted by Gasteiger charge is -2.62. The van der Waals surface area contributed by atoms with Crippen LogP contribution in [0.4, 0.5) is 4.39 Å². The summed E-state index contributed by atoms with van der Waals surface area (Å²) in [5.74, 6) is -3.75. The maximum absolute atomic E-state index is 17.4. The number of allylic oxidation sites excluding steroid dienone is 6. The molecule has 0 aromatic carbocycles. The van der Waals surface area contributed by atoms with Crippen LogP contribution in [0.5, 0.6) is 0 Å². The number of ketones is 2. The van der Waals surface area contributed by atoms with E-state index in [1.54, 1.807) is 26.8 Å². The van der Waals surface area contributed by atoms with Crippen molar-refractivity contribution in [1.82, 2.24) is 0 Å². The maximum Gasteiger partial charge on any atom is 0.306 e. The van der Waals surface area contributed by atoms with E-state index in [-0.39, 0.29) is 25.0 Å². The number of aliphatic hydroxyl groups is 2. The van der Waals surface area contributed by atoms with Crippen LogP contribution in [0.3, 0.4) is 0 Å². The van der Waals surface area contributed by atoms with Gasteiger partial charge in [0.2, 0.25) is 5.78 Å². The zero-order valence-electron chi connectivity index (χ0n) is 33.0. The Labute approximate surface area is 317 Å². The van der Waals surface area contributed by atoms with Gasteiger partial charge in [0, 0.05) is 16.7 Å². The SMILES string of the molecule is CCCCCCCC/C=C\CCCCCCCCOC(=O)CCC(=O)OCC(=O)[C@@]1(O)[C@H](C)C[C@H]2[C@@H]3CCC4=CC(=O)C=C[C@]4(C)[C@@]3(F)[C@@H](O)C[C@@]21C. The molecule has 0 unspecified atom stereocenters. The highest BCUT2D eigenvalue weighted by atomic mass is 19.1. The van der Waals surface area contributed by atoms with Crippen LogP contribution in [0.1, 0.15) is 156 Å². The minimum atomic E-state index is -2.07. The molecule has 0 aromatic heterocycles. The van der Waals surface area contributed by atoms with Gasteiger partial charge in [-0.15, -0.1) is 0 Å². The lowest BCUT2D eigenvalue weighted by atomic mass is 9.44. The standard InChI is InChI=1S/C44H67FO8/c1-5-6-7-8-9-10-11-12-13-14-15-16-17-18-19-20-27-52-39(49)23-24-40(50)53-31-38(48)44(51)32(2)28-36-35-22-21-33-29-34(46)25-26-41(33,3)43(35,45)37(47)30-42(36,44)4/h12-13,25-26,29,32,35-37,47,51H,5-11,14-24,27-28,30-31H2,1-4H3/b13-12-/t32-,35+,36+,37+,41+,42+,43+,44+/m1/s1. The zero-order valence-corrected chi connectivity index (χ0v) is 33.0. The summed E-state index contributed by atoms with van der Waals surface area (Å²) in [6.07, 6.45) is 25.0. The first kappa shape index (κ1) is 43.1. The Hall–Kier alpha value is -2.65. The molecule has 0 radical (unpaired) electrons.